The van der Waals surface area contributed by atoms with E-state index in [9.17, 15) is 0 Å². The number of aromatic nitrogens is 1. The lowest BCUT2D eigenvalue weighted by atomic mass is 9.98. The molecule has 0 saturated heterocycles. The minimum atomic E-state index is 0.434. The molecular formula is C8H10BNO2. The quantitative estimate of drug-likeness (QED) is 0.589. The zero-order valence-corrected chi connectivity index (χ0v) is 7.20. The molecule has 1 aromatic rings. The molecule has 0 aliphatic rings. The highest BCUT2D eigenvalue weighted by Gasteiger charge is 2.02. The van der Waals surface area contributed by atoms with E-state index in [1.165, 1.54) is 0 Å². The van der Waals surface area contributed by atoms with Crippen LogP contribution in [0.2, 0.25) is 0 Å². The van der Waals surface area contributed by atoms with Gasteiger partial charge in [-0.2, -0.15) is 0 Å². The molecule has 0 aromatic carbocycles. The normalized spacial score (nSPS) is 9.83. The van der Waals surface area contributed by atoms with Crippen molar-refractivity contribution >= 4 is 13.3 Å². The first kappa shape index (κ1) is 9.07. The first-order chi connectivity index (χ1) is 5.77. The van der Waals surface area contributed by atoms with Crippen LogP contribution in [0.5, 0.6) is 5.75 Å². The van der Waals surface area contributed by atoms with Crippen LogP contribution < -0.4 is 10.2 Å². The second-order valence-corrected chi connectivity index (χ2v) is 2.35. The van der Waals surface area contributed by atoms with Crippen LogP contribution in [0.1, 0.15) is 5.69 Å². The Kier molecular flexibility index (Phi) is 3.11. The molecule has 0 saturated carbocycles. The van der Waals surface area contributed by atoms with E-state index in [1.54, 1.807) is 26.5 Å². The largest absolute Gasteiger partial charge is 0.495 e. The number of pyridine rings is 1. The predicted molar refractivity (Wildman–Crippen MR) is 46.9 cm³/mol. The van der Waals surface area contributed by atoms with E-state index in [-0.39, 0.29) is 0 Å². The fourth-order valence-corrected chi connectivity index (χ4v) is 0.910. The van der Waals surface area contributed by atoms with Gasteiger partial charge < -0.3 is 9.47 Å². The van der Waals surface area contributed by atoms with Gasteiger partial charge in [-0.25, -0.2) is 0 Å². The van der Waals surface area contributed by atoms with Crippen molar-refractivity contribution in [1.82, 2.24) is 4.98 Å². The summed E-state index contributed by atoms with van der Waals surface area (Å²) >= 11 is 0. The van der Waals surface area contributed by atoms with Gasteiger partial charge in [-0.1, -0.05) is 5.46 Å². The van der Waals surface area contributed by atoms with Gasteiger partial charge in [0, 0.05) is 13.3 Å². The molecule has 3 nitrogen and oxygen atoms in total. The lowest BCUT2D eigenvalue weighted by Gasteiger charge is -2.06. The monoisotopic (exact) mass is 163 g/mol. The van der Waals surface area contributed by atoms with Crippen molar-refractivity contribution in [1.29, 1.82) is 0 Å². The summed E-state index contributed by atoms with van der Waals surface area (Å²) in [5.41, 5.74) is 1.35. The van der Waals surface area contributed by atoms with Gasteiger partial charge in [0.15, 0.2) is 0 Å². The van der Waals surface area contributed by atoms with Gasteiger partial charge in [-0.15, -0.1) is 0 Å². The van der Waals surface area contributed by atoms with Crippen molar-refractivity contribution < 1.29 is 9.47 Å². The maximum absolute atomic E-state index is 5.52. The number of hydrogen-bond donors (Lipinski definition) is 0. The Bertz CT molecular complexity index is 265. The molecule has 0 N–H and O–H groups in total. The molecule has 4 heteroatoms. The van der Waals surface area contributed by atoms with Crippen LogP contribution in [0.25, 0.3) is 0 Å². The molecule has 1 rings (SSSR count). The van der Waals surface area contributed by atoms with Crippen molar-refractivity contribution in [3.05, 3.63) is 18.0 Å². The summed E-state index contributed by atoms with van der Waals surface area (Å²) in [5.74, 6) is 0.664. The maximum Gasteiger partial charge on any atom is 0.142 e. The van der Waals surface area contributed by atoms with E-state index < -0.39 is 0 Å². The zero-order valence-electron chi connectivity index (χ0n) is 7.20. The molecule has 62 valence electrons. The van der Waals surface area contributed by atoms with Crippen LogP contribution in [-0.4, -0.2) is 27.0 Å². The van der Waals surface area contributed by atoms with Gasteiger partial charge in [-0.3, -0.25) is 4.98 Å². The van der Waals surface area contributed by atoms with Crippen molar-refractivity contribution in [3.63, 3.8) is 0 Å². The summed E-state index contributed by atoms with van der Waals surface area (Å²) in [4.78, 5) is 4.06. The minimum Gasteiger partial charge on any atom is -0.495 e. The first-order valence-corrected chi connectivity index (χ1v) is 3.55. The Labute approximate surface area is 73.1 Å². The average molecular weight is 163 g/mol. The summed E-state index contributed by atoms with van der Waals surface area (Å²) in [5, 5.41) is 0. The van der Waals surface area contributed by atoms with Gasteiger partial charge in [-0.05, 0) is 6.07 Å². The Morgan fingerprint density at radius 2 is 2.25 bits per heavy atom. The topological polar surface area (TPSA) is 31.4 Å². The molecule has 0 aliphatic carbocycles. The Morgan fingerprint density at radius 1 is 1.50 bits per heavy atom. The second-order valence-electron chi connectivity index (χ2n) is 2.35. The van der Waals surface area contributed by atoms with Crippen molar-refractivity contribution in [3.8, 4) is 5.75 Å². The molecular weight excluding hydrogens is 153 g/mol. The van der Waals surface area contributed by atoms with Crippen LogP contribution in [-0.2, 0) is 11.3 Å². The Hall–Kier alpha value is -1.03. The smallest absolute Gasteiger partial charge is 0.142 e. The molecule has 0 aliphatic heterocycles. The average Bonchev–Trinajstić information content (AvgIpc) is 2.08. The fourth-order valence-electron chi connectivity index (χ4n) is 0.910. The molecule has 12 heavy (non-hydrogen) atoms. The van der Waals surface area contributed by atoms with Gasteiger partial charge in [0.2, 0.25) is 0 Å². The van der Waals surface area contributed by atoms with Gasteiger partial charge in [0.1, 0.15) is 19.3 Å². The van der Waals surface area contributed by atoms with E-state index in [4.69, 9.17) is 17.3 Å². The summed E-state index contributed by atoms with van der Waals surface area (Å²) in [6.45, 7) is 0.434. The third-order valence-electron chi connectivity index (χ3n) is 1.45. The third-order valence-corrected chi connectivity index (χ3v) is 1.45. The van der Waals surface area contributed by atoms with Crippen LogP contribution in [0.4, 0.5) is 0 Å². The summed E-state index contributed by atoms with van der Waals surface area (Å²) in [6, 6.07) is 1.72. The third kappa shape index (κ3) is 1.98. The lowest BCUT2D eigenvalue weighted by Crippen LogP contribution is -2.07. The number of methoxy groups -OCH3 is 2. The fraction of sp³-hybridized carbons (Fsp3) is 0.375. The Morgan fingerprint density at radius 3 is 2.83 bits per heavy atom. The number of hydrogen-bond acceptors (Lipinski definition) is 3. The Balaban J connectivity index is 2.94. The lowest BCUT2D eigenvalue weighted by molar-refractivity contribution is 0.178. The van der Waals surface area contributed by atoms with Crippen molar-refractivity contribution in [2.45, 2.75) is 6.61 Å². The molecule has 2 radical (unpaired) electrons. The van der Waals surface area contributed by atoms with E-state index in [2.05, 4.69) is 4.98 Å². The first-order valence-electron chi connectivity index (χ1n) is 3.55. The highest BCUT2D eigenvalue weighted by atomic mass is 16.5. The molecule has 0 spiro atoms. The van der Waals surface area contributed by atoms with Gasteiger partial charge in [0.25, 0.3) is 0 Å². The standard InChI is InChI=1S/C8H10BNO2/c1-11-5-7-8(12-2)3-6(9)4-10-7/h3-4H,5H2,1-2H3. The molecule has 0 atom stereocenters. The minimum absolute atomic E-state index is 0.434. The molecule has 0 fully saturated rings. The number of ether oxygens (including phenoxy) is 2. The van der Waals surface area contributed by atoms with Crippen molar-refractivity contribution in [2.24, 2.45) is 0 Å². The van der Waals surface area contributed by atoms with Gasteiger partial charge >= 0.3 is 0 Å². The van der Waals surface area contributed by atoms with E-state index >= 15 is 0 Å². The van der Waals surface area contributed by atoms with Crippen molar-refractivity contribution in [2.75, 3.05) is 14.2 Å². The maximum atomic E-state index is 5.52. The van der Waals surface area contributed by atoms with E-state index in [0.29, 0.717) is 17.8 Å². The molecule has 1 aromatic heterocycles. The number of nitrogens with zero attached hydrogens (tertiary/aromatic N) is 1. The zero-order chi connectivity index (χ0) is 8.97. The SMILES string of the molecule is [B]c1cnc(COC)c(OC)c1. The summed E-state index contributed by atoms with van der Waals surface area (Å²) in [6.07, 6.45) is 1.58. The molecule has 1 heterocycles. The van der Waals surface area contributed by atoms with Crippen LogP contribution in [0, 0.1) is 0 Å². The van der Waals surface area contributed by atoms with Crippen LogP contribution in [0.3, 0.4) is 0 Å². The van der Waals surface area contributed by atoms with Gasteiger partial charge in [0.05, 0.1) is 13.7 Å². The second kappa shape index (κ2) is 4.11. The summed E-state index contributed by atoms with van der Waals surface area (Å²) < 4.78 is 9.98. The molecule has 0 bridgehead atoms. The summed E-state index contributed by atoms with van der Waals surface area (Å²) in [7, 11) is 8.70. The molecule has 0 unspecified atom stereocenters. The highest BCUT2D eigenvalue weighted by Crippen LogP contribution is 2.13. The number of rotatable bonds is 3. The predicted octanol–water partition coefficient (Wildman–Crippen LogP) is 0.0304. The van der Waals surface area contributed by atoms with Crippen LogP contribution >= 0.6 is 0 Å². The van der Waals surface area contributed by atoms with E-state index in [0.717, 1.165) is 5.69 Å². The van der Waals surface area contributed by atoms with E-state index in [1.807, 2.05) is 0 Å². The highest BCUT2D eigenvalue weighted by molar-refractivity contribution is 6.32. The van der Waals surface area contributed by atoms with Crippen LogP contribution in [0.15, 0.2) is 12.3 Å². The molecule has 0 amide bonds.